The highest BCUT2D eigenvalue weighted by atomic mass is 19.1. The van der Waals surface area contributed by atoms with Gasteiger partial charge in [0.2, 0.25) is 5.91 Å². The molecule has 0 unspecified atom stereocenters. The highest BCUT2D eigenvalue weighted by molar-refractivity contribution is 5.78. The smallest absolute Gasteiger partial charge is 0.236 e. The normalized spacial score (nSPS) is 11.0. The van der Waals surface area contributed by atoms with E-state index in [1.807, 2.05) is 29.2 Å². The van der Waals surface area contributed by atoms with Crippen molar-refractivity contribution in [1.29, 1.82) is 0 Å². The highest BCUT2D eigenvalue weighted by Gasteiger charge is 2.18. The van der Waals surface area contributed by atoms with Crippen LogP contribution in [0.25, 0.3) is 0 Å². The molecule has 0 spiro atoms. The van der Waals surface area contributed by atoms with Gasteiger partial charge in [-0.05, 0) is 30.3 Å². The second kappa shape index (κ2) is 8.49. The van der Waals surface area contributed by atoms with Crippen LogP contribution in [-0.4, -0.2) is 29.3 Å². The molecule has 0 fully saturated rings. The average Bonchev–Trinajstić information content (AvgIpc) is 3.31. The molecule has 0 aliphatic rings. The lowest BCUT2D eigenvalue weighted by atomic mass is 10.2. The molecule has 0 saturated heterocycles. The molecule has 26 heavy (non-hydrogen) atoms. The first-order chi connectivity index (χ1) is 12.6. The largest absolute Gasteiger partial charge is 0.468 e. The molecule has 3 aromatic rings. The highest BCUT2D eigenvalue weighted by Crippen LogP contribution is 2.13. The average molecular weight is 356 g/mol. The van der Waals surface area contributed by atoms with Crippen molar-refractivity contribution in [1.82, 2.24) is 9.80 Å². The first-order valence-corrected chi connectivity index (χ1v) is 8.36. The van der Waals surface area contributed by atoms with E-state index in [-0.39, 0.29) is 24.8 Å². The molecule has 136 valence electrons. The summed E-state index contributed by atoms with van der Waals surface area (Å²) >= 11 is 0. The van der Waals surface area contributed by atoms with Crippen molar-refractivity contribution in [2.75, 3.05) is 13.6 Å². The Balaban J connectivity index is 1.64. The van der Waals surface area contributed by atoms with E-state index in [2.05, 4.69) is 0 Å². The molecule has 2 aromatic heterocycles. The van der Waals surface area contributed by atoms with Crippen molar-refractivity contribution < 1.29 is 18.0 Å². The number of carbonyl (C=O) groups is 1. The van der Waals surface area contributed by atoms with Gasteiger partial charge >= 0.3 is 0 Å². The number of nitrogens with zero attached hydrogens (tertiary/aromatic N) is 2. The zero-order valence-corrected chi connectivity index (χ0v) is 14.6. The van der Waals surface area contributed by atoms with Crippen molar-refractivity contribution in [3.63, 3.8) is 0 Å². The van der Waals surface area contributed by atoms with Crippen LogP contribution in [0, 0.1) is 5.82 Å². The topological polar surface area (TPSA) is 49.8 Å². The quantitative estimate of drug-likeness (QED) is 0.618. The summed E-state index contributed by atoms with van der Waals surface area (Å²) in [6, 6.07) is 13.8. The van der Waals surface area contributed by atoms with Crippen molar-refractivity contribution >= 4 is 5.91 Å². The van der Waals surface area contributed by atoms with Gasteiger partial charge in [0.15, 0.2) is 0 Å². The van der Waals surface area contributed by atoms with Gasteiger partial charge in [-0.3, -0.25) is 9.69 Å². The number of furan rings is 2. The molecular formula is C20H21FN2O3. The Morgan fingerprint density at radius 3 is 2.08 bits per heavy atom. The lowest BCUT2D eigenvalue weighted by Crippen LogP contribution is -2.37. The molecule has 1 amide bonds. The SMILES string of the molecule is CN(Cc1ccccc1F)C(=O)CN(Cc1ccco1)Cc1ccco1. The summed E-state index contributed by atoms with van der Waals surface area (Å²) in [5.74, 6) is 1.11. The molecule has 0 N–H and O–H groups in total. The molecule has 0 bridgehead atoms. The van der Waals surface area contributed by atoms with Crippen molar-refractivity contribution in [2.24, 2.45) is 0 Å². The number of halogens is 1. The third kappa shape index (κ3) is 4.83. The predicted molar refractivity (Wildman–Crippen MR) is 94.4 cm³/mol. The zero-order chi connectivity index (χ0) is 18.4. The van der Waals surface area contributed by atoms with E-state index >= 15 is 0 Å². The summed E-state index contributed by atoms with van der Waals surface area (Å²) in [5.41, 5.74) is 0.493. The summed E-state index contributed by atoms with van der Waals surface area (Å²) in [7, 11) is 1.67. The first-order valence-electron chi connectivity index (χ1n) is 8.36. The summed E-state index contributed by atoms with van der Waals surface area (Å²) in [5, 5.41) is 0. The van der Waals surface area contributed by atoms with E-state index in [0.29, 0.717) is 18.7 Å². The van der Waals surface area contributed by atoms with Gasteiger partial charge in [0.05, 0.1) is 32.2 Å². The molecule has 5 nitrogen and oxygen atoms in total. The standard InChI is InChI=1S/C20H21FN2O3/c1-22(12-16-6-2-3-9-19(16)21)20(24)15-23(13-17-7-4-10-25-17)14-18-8-5-11-26-18/h2-11H,12-15H2,1H3. The molecule has 1 aromatic carbocycles. The molecule has 3 rings (SSSR count). The van der Waals surface area contributed by atoms with Crippen LogP contribution in [0.2, 0.25) is 0 Å². The summed E-state index contributed by atoms with van der Waals surface area (Å²) in [6.07, 6.45) is 3.21. The Kier molecular flexibility index (Phi) is 5.86. The molecule has 0 aliphatic carbocycles. The minimum Gasteiger partial charge on any atom is -0.468 e. The number of benzene rings is 1. The van der Waals surface area contributed by atoms with Gasteiger partial charge in [0, 0.05) is 19.2 Å². The summed E-state index contributed by atoms with van der Waals surface area (Å²) in [6.45, 7) is 1.35. The van der Waals surface area contributed by atoms with Gasteiger partial charge in [-0.1, -0.05) is 18.2 Å². The molecule has 0 saturated carbocycles. The van der Waals surface area contributed by atoms with E-state index in [4.69, 9.17) is 8.83 Å². The van der Waals surface area contributed by atoms with Gasteiger partial charge in [-0.25, -0.2) is 4.39 Å². The Morgan fingerprint density at radius 1 is 0.923 bits per heavy atom. The van der Waals surface area contributed by atoms with Crippen LogP contribution >= 0.6 is 0 Å². The lowest BCUT2D eigenvalue weighted by molar-refractivity contribution is -0.132. The number of hydrogen-bond acceptors (Lipinski definition) is 4. The fourth-order valence-electron chi connectivity index (χ4n) is 2.70. The molecule has 0 atom stereocenters. The minimum atomic E-state index is -0.310. The molecule has 2 heterocycles. The lowest BCUT2D eigenvalue weighted by Gasteiger charge is -2.24. The fourth-order valence-corrected chi connectivity index (χ4v) is 2.70. The minimum absolute atomic E-state index is 0.105. The third-order valence-corrected chi connectivity index (χ3v) is 4.07. The van der Waals surface area contributed by atoms with Crippen molar-refractivity contribution in [2.45, 2.75) is 19.6 Å². The van der Waals surface area contributed by atoms with Crippen LogP contribution in [0.4, 0.5) is 4.39 Å². The van der Waals surface area contributed by atoms with Gasteiger partial charge in [-0.15, -0.1) is 0 Å². The van der Waals surface area contributed by atoms with Crippen LogP contribution < -0.4 is 0 Å². The maximum Gasteiger partial charge on any atom is 0.236 e. The van der Waals surface area contributed by atoms with E-state index in [0.717, 1.165) is 11.5 Å². The molecule has 0 aliphatic heterocycles. The van der Waals surface area contributed by atoms with Crippen LogP contribution in [0.3, 0.4) is 0 Å². The molecular weight excluding hydrogens is 335 g/mol. The number of hydrogen-bond donors (Lipinski definition) is 0. The van der Waals surface area contributed by atoms with Gasteiger partial charge in [0.1, 0.15) is 17.3 Å². The second-order valence-corrected chi connectivity index (χ2v) is 6.15. The van der Waals surface area contributed by atoms with E-state index in [1.54, 1.807) is 37.8 Å². The summed E-state index contributed by atoms with van der Waals surface area (Å²) < 4.78 is 24.6. The van der Waals surface area contributed by atoms with Crippen LogP contribution in [0.5, 0.6) is 0 Å². The second-order valence-electron chi connectivity index (χ2n) is 6.15. The van der Waals surface area contributed by atoms with Crippen molar-refractivity contribution in [3.05, 3.63) is 84.0 Å². The fraction of sp³-hybridized carbons (Fsp3) is 0.250. The first kappa shape index (κ1) is 17.9. The Hall–Kier alpha value is -2.86. The third-order valence-electron chi connectivity index (χ3n) is 4.07. The van der Waals surface area contributed by atoms with Gasteiger partial charge < -0.3 is 13.7 Å². The van der Waals surface area contributed by atoms with E-state index in [9.17, 15) is 9.18 Å². The van der Waals surface area contributed by atoms with Crippen LogP contribution in [-0.2, 0) is 24.4 Å². The van der Waals surface area contributed by atoms with Gasteiger partial charge in [-0.2, -0.15) is 0 Å². The Morgan fingerprint density at radius 2 is 1.54 bits per heavy atom. The van der Waals surface area contributed by atoms with Gasteiger partial charge in [0.25, 0.3) is 0 Å². The molecule has 6 heteroatoms. The van der Waals surface area contributed by atoms with E-state index in [1.165, 1.54) is 11.0 Å². The Labute approximate surface area is 151 Å². The Bertz CT molecular complexity index is 779. The number of carbonyl (C=O) groups excluding carboxylic acids is 1. The maximum atomic E-state index is 13.8. The maximum absolute atomic E-state index is 13.8. The summed E-state index contributed by atoms with van der Waals surface area (Å²) in [4.78, 5) is 16.1. The van der Waals surface area contributed by atoms with E-state index < -0.39 is 0 Å². The number of likely N-dealkylation sites (N-methyl/N-ethyl adjacent to an activating group) is 1. The predicted octanol–water partition coefficient (Wildman–Crippen LogP) is 3.67. The van der Waals surface area contributed by atoms with Crippen LogP contribution in [0.1, 0.15) is 17.1 Å². The monoisotopic (exact) mass is 356 g/mol. The number of rotatable bonds is 8. The molecule has 0 radical (unpaired) electrons. The zero-order valence-electron chi connectivity index (χ0n) is 14.6. The van der Waals surface area contributed by atoms with Crippen molar-refractivity contribution in [3.8, 4) is 0 Å². The van der Waals surface area contributed by atoms with Crippen LogP contribution in [0.15, 0.2) is 69.9 Å². The number of amides is 1.